The van der Waals surface area contributed by atoms with Crippen molar-refractivity contribution in [2.45, 2.75) is 103 Å². The molecule has 8 heteroatoms. The van der Waals surface area contributed by atoms with Crippen molar-refractivity contribution in [1.29, 1.82) is 0 Å². The van der Waals surface area contributed by atoms with Crippen LogP contribution in [0.2, 0.25) is 0 Å². The highest BCUT2D eigenvalue weighted by atomic mass is 127. The smallest absolute Gasteiger partial charge is 0.191 e. The molecular weight excluding hydrogens is 503 g/mol. The Bertz CT molecular complexity index is 715. The third kappa shape index (κ3) is 5.54. The van der Waals surface area contributed by atoms with E-state index in [1.807, 2.05) is 0 Å². The van der Waals surface area contributed by atoms with Crippen molar-refractivity contribution in [2.24, 2.45) is 10.4 Å². The fraction of sp³-hybridized carbons (Fsp3) is 0.870. The van der Waals surface area contributed by atoms with Crippen LogP contribution >= 0.6 is 24.0 Å². The lowest BCUT2D eigenvalue weighted by molar-refractivity contribution is -0.125. The summed E-state index contributed by atoms with van der Waals surface area (Å²) in [6, 6.07) is 0.488. The van der Waals surface area contributed by atoms with Crippen molar-refractivity contribution < 1.29 is 4.74 Å². The van der Waals surface area contributed by atoms with Gasteiger partial charge in [-0.05, 0) is 52.4 Å². The van der Waals surface area contributed by atoms with Gasteiger partial charge >= 0.3 is 0 Å². The van der Waals surface area contributed by atoms with Gasteiger partial charge in [-0.15, -0.1) is 34.2 Å². The van der Waals surface area contributed by atoms with E-state index in [0.717, 1.165) is 63.7 Å². The SMILES string of the molecule is CCNC(=NCCCc1nnc2n1CCCCC2)NC1CC(OCC)C12CCCC2.I. The molecule has 0 saturated heterocycles. The van der Waals surface area contributed by atoms with E-state index in [2.05, 4.69) is 39.2 Å². The van der Waals surface area contributed by atoms with Crippen molar-refractivity contribution in [2.75, 3.05) is 19.7 Å². The molecule has 4 rings (SSSR count). The Morgan fingerprint density at radius 2 is 2.00 bits per heavy atom. The van der Waals surface area contributed by atoms with E-state index in [0.29, 0.717) is 17.6 Å². The van der Waals surface area contributed by atoms with Crippen LogP contribution in [0.3, 0.4) is 0 Å². The molecule has 2 fully saturated rings. The van der Waals surface area contributed by atoms with Gasteiger partial charge in [-0.25, -0.2) is 0 Å². The summed E-state index contributed by atoms with van der Waals surface area (Å²) in [7, 11) is 0. The summed E-state index contributed by atoms with van der Waals surface area (Å²) in [6.07, 6.45) is 13.6. The second-order valence-electron chi connectivity index (χ2n) is 9.18. The summed E-state index contributed by atoms with van der Waals surface area (Å²) in [4.78, 5) is 4.89. The third-order valence-corrected chi connectivity index (χ3v) is 7.36. The molecule has 2 saturated carbocycles. The lowest BCUT2D eigenvalue weighted by Gasteiger charge is -2.54. The Kier molecular flexibility index (Phi) is 9.43. The number of nitrogens with one attached hydrogen (secondary N) is 2. The minimum Gasteiger partial charge on any atom is -0.378 e. The number of hydrogen-bond donors (Lipinski definition) is 2. The first-order chi connectivity index (χ1) is 14.8. The molecule has 31 heavy (non-hydrogen) atoms. The minimum atomic E-state index is 0. The minimum absolute atomic E-state index is 0. The monoisotopic (exact) mass is 544 g/mol. The van der Waals surface area contributed by atoms with Crippen LogP contribution in [0.15, 0.2) is 4.99 Å². The van der Waals surface area contributed by atoms with Crippen molar-refractivity contribution in [3.05, 3.63) is 11.6 Å². The van der Waals surface area contributed by atoms with Gasteiger partial charge in [0.1, 0.15) is 11.6 Å². The lowest BCUT2D eigenvalue weighted by atomic mass is 9.60. The molecule has 3 aliphatic rings. The fourth-order valence-corrected chi connectivity index (χ4v) is 5.73. The van der Waals surface area contributed by atoms with E-state index in [9.17, 15) is 0 Å². The number of aliphatic imine (C=N–C) groups is 1. The third-order valence-electron chi connectivity index (χ3n) is 7.36. The number of rotatable bonds is 8. The van der Waals surface area contributed by atoms with Gasteiger partial charge in [-0.1, -0.05) is 19.3 Å². The molecule has 2 heterocycles. The maximum absolute atomic E-state index is 6.07. The average molecular weight is 545 g/mol. The van der Waals surface area contributed by atoms with Crippen molar-refractivity contribution in [1.82, 2.24) is 25.4 Å². The van der Waals surface area contributed by atoms with Crippen LogP contribution in [0.25, 0.3) is 0 Å². The van der Waals surface area contributed by atoms with E-state index < -0.39 is 0 Å². The highest BCUT2D eigenvalue weighted by Gasteiger charge is 2.56. The Morgan fingerprint density at radius 1 is 1.16 bits per heavy atom. The van der Waals surface area contributed by atoms with Gasteiger partial charge in [0.25, 0.3) is 0 Å². The molecule has 176 valence electrons. The predicted octanol–water partition coefficient (Wildman–Crippen LogP) is 3.85. The molecule has 7 nitrogen and oxygen atoms in total. The molecule has 2 unspecified atom stereocenters. The first-order valence-corrected chi connectivity index (χ1v) is 12.3. The number of aromatic nitrogens is 3. The number of aryl methyl sites for hydroxylation is 2. The van der Waals surface area contributed by atoms with Gasteiger partial charge in [-0.3, -0.25) is 4.99 Å². The van der Waals surface area contributed by atoms with Crippen LogP contribution in [0, 0.1) is 5.41 Å². The number of guanidine groups is 1. The van der Waals surface area contributed by atoms with Gasteiger partial charge in [0, 0.05) is 50.5 Å². The molecule has 0 amide bonds. The lowest BCUT2D eigenvalue weighted by Crippen LogP contribution is -2.65. The molecule has 0 radical (unpaired) electrons. The largest absolute Gasteiger partial charge is 0.378 e. The quantitative estimate of drug-likeness (QED) is 0.225. The zero-order chi connectivity index (χ0) is 20.8. The fourth-order valence-electron chi connectivity index (χ4n) is 5.73. The van der Waals surface area contributed by atoms with Crippen LogP contribution in [0.1, 0.15) is 83.3 Å². The number of ether oxygens (including phenoxy) is 1. The van der Waals surface area contributed by atoms with Crippen LogP contribution in [-0.4, -0.2) is 52.6 Å². The molecule has 0 aromatic carbocycles. The highest BCUT2D eigenvalue weighted by molar-refractivity contribution is 14.0. The number of halogens is 1. The summed E-state index contributed by atoms with van der Waals surface area (Å²) in [6.45, 7) is 7.85. The summed E-state index contributed by atoms with van der Waals surface area (Å²) in [5.74, 6) is 3.28. The molecular formula is C23H41IN6O. The molecule has 2 N–H and O–H groups in total. The van der Waals surface area contributed by atoms with E-state index in [1.165, 1.54) is 50.8 Å². The zero-order valence-electron chi connectivity index (χ0n) is 19.4. The van der Waals surface area contributed by atoms with E-state index >= 15 is 0 Å². The second-order valence-corrected chi connectivity index (χ2v) is 9.18. The number of nitrogens with zero attached hydrogens (tertiary/aromatic N) is 4. The number of hydrogen-bond acceptors (Lipinski definition) is 4. The Balaban J connectivity index is 0.00000272. The van der Waals surface area contributed by atoms with Crippen LogP contribution in [0.5, 0.6) is 0 Å². The van der Waals surface area contributed by atoms with Crippen molar-refractivity contribution in [3.63, 3.8) is 0 Å². The van der Waals surface area contributed by atoms with Gasteiger partial charge in [0.05, 0.1) is 6.10 Å². The van der Waals surface area contributed by atoms with Crippen LogP contribution < -0.4 is 10.6 Å². The zero-order valence-corrected chi connectivity index (χ0v) is 21.7. The van der Waals surface area contributed by atoms with E-state index in [4.69, 9.17) is 9.73 Å². The first kappa shape index (κ1) is 24.7. The normalized spacial score (nSPS) is 24.8. The molecule has 1 aromatic rings. The van der Waals surface area contributed by atoms with Gasteiger partial charge in [0.15, 0.2) is 5.96 Å². The Morgan fingerprint density at radius 3 is 2.77 bits per heavy atom. The molecule has 0 bridgehead atoms. The van der Waals surface area contributed by atoms with Crippen LogP contribution in [0.4, 0.5) is 0 Å². The van der Waals surface area contributed by atoms with Gasteiger partial charge < -0.3 is 19.9 Å². The summed E-state index contributed by atoms with van der Waals surface area (Å²) in [5, 5.41) is 16.1. The first-order valence-electron chi connectivity index (χ1n) is 12.3. The Hall–Kier alpha value is -0.900. The maximum Gasteiger partial charge on any atom is 0.191 e. The topological polar surface area (TPSA) is 76.4 Å². The molecule has 1 spiro atoms. The number of fused-ring (bicyclic) bond motifs is 1. The predicted molar refractivity (Wildman–Crippen MR) is 135 cm³/mol. The maximum atomic E-state index is 6.07. The molecule has 1 aromatic heterocycles. The van der Waals surface area contributed by atoms with Gasteiger partial charge in [-0.2, -0.15) is 0 Å². The molecule has 2 atom stereocenters. The van der Waals surface area contributed by atoms with E-state index in [1.54, 1.807) is 0 Å². The average Bonchev–Trinajstić information content (AvgIpc) is 3.34. The van der Waals surface area contributed by atoms with Crippen LogP contribution in [-0.2, 0) is 24.1 Å². The summed E-state index contributed by atoms with van der Waals surface area (Å²) < 4.78 is 8.42. The summed E-state index contributed by atoms with van der Waals surface area (Å²) in [5.41, 5.74) is 0.325. The highest BCUT2D eigenvalue weighted by Crippen LogP contribution is 2.54. The molecule has 1 aliphatic heterocycles. The standard InChI is InChI=1S/C23H40N6O.HI/c1-3-24-22(26-18-17-19(30-4-2)23(18)13-7-8-14-23)25-15-10-12-21-28-27-20-11-6-5-9-16-29(20)21;/h18-19H,3-17H2,1-2H3,(H2,24,25,26);1H. The van der Waals surface area contributed by atoms with Crippen molar-refractivity contribution in [3.8, 4) is 0 Å². The molecule has 2 aliphatic carbocycles. The summed E-state index contributed by atoms with van der Waals surface area (Å²) >= 11 is 0. The second kappa shape index (κ2) is 11.8. The Labute approximate surface area is 204 Å². The van der Waals surface area contributed by atoms with E-state index in [-0.39, 0.29) is 24.0 Å². The van der Waals surface area contributed by atoms with Crippen molar-refractivity contribution >= 4 is 29.9 Å². The van der Waals surface area contributed by atoms with Gasteiger partial charge in [0.2, 0.25) is 0 Å².